The predicted molar refractivity (Wildman–Crippen MR) is 55.8 cm³/mol. The van der Waals surface area contributed by atoms with Gasteiger partial charge in [0.05, 0.1) is 6.61 Å². The van der Waals surface area contributed by atoms with Crippen LogP contribution in [0.4, 0.5) is 4.39 Å². The van der Waals surface area contributed by atoms with Gasteiger partial charge in [-0.3, -0.25) is 0 Å². The average Bonchev–Trinajstić information content (AvgIpc) is 2.11. The van der Waals surface area contributed by atoms with Gasteiger partial charge in [0.15, 0.2) is 0 Å². The van der Waals surface area contributed by atoms with Gasteiger partial charge in [-0.15, -0.1) is 0 Å². The zero-order valence-corrected chi connectivity index (χ0v) is 8.92. The number of benzene rings is 1. The van der Waals surface area contributed by atoms with Crippen molar-refractivity contribution in [1.82, 2.24) is 0 Å². The molecule has 0 saturated carbocycles. The van der Waals surface area contributed by atoms with Gasteiger partial charge >= 0.3 is 0 Å². The largest absolute Gasteiger partial charge is 0.396 e. The topological polar surface area (TPSA) is 20.2 Å². The molecule has 78 valence electrons. The van der Waals surface area contributed by atoms with Crippen molar-refractivity contribution in [2.24, 2.45) is 5.92 Å². The molecule has 1 atom stereocenters. The van der Waals surface area contributed by atoms with Gasteiger partial charge in [-0.2, -0.15) is 0 Å². The van der Waals surface area contributed by atoms with Crippen molar-refractivity contribution in [2.45, 2.75) is 26.7 Å². The summed E-state index contributed by atoms with van der Waals surface area (Å²) in [4.78, 5) is 0. The minimum atomic E-state index is -0.186. The molecule has 2 heteroatoms. The van der Waals surface area contributed by atoms with Crippen molar-refractivity contribution >= 4 is 0 Å². The Morgan fingerprint density at radius 2 is 2.00 bits per heavy atom. The lowest BCUT2D eigenvalue weighted by atomic mass is 9.88. The van der Waals surface area contributed by atoms with Crippen molar-refractivity contribution in [2.75, 3.05) is 6.61 Å². The van der Waals surface area contributed by atoms with Crippen molar-refractivity contribution in [3.05, 3.63) is 35.1 Å². The number of aryl methyl sites for hydroxylation is 1. The van der Waals surface area contributed by atoms with Gasteiger partial charge in [0.1, 0.15) is 5.82 Å². The van der Waals surface area contributed by atoms with Gasteiger partial charge in [-0.1, -0.05) is 26.0 Å². The summed E-state index contributed by atoms with van der Waals surface area (Å²) in [5, 5.41) is 9.22. The zero-order chi connectivity index (χ0) is 10.7. The quantitative estimate of drug-likeness (QED) is 0.788. The molecule has 0 heterocycles. The summed E-state index contributed by atoms with van der Waals surface area (Å²) in [6.45, 7) is 5.97. The molecule has 0 spiro atoms. The Morgan fingerprint density at radius 1 is 1.36 bits per heavy atom. The first-order valence-corrected chi connectivity index (χ1v) is 4.93. The minimum Gasteiger partial charge on any atom is -0.396 e. The molecule has 0 bridgehead atoms. The summed E-state index contributed by atoms with van der Waals surface area (Å²) >= 11 is 0. The molecule has 1 unspecified atom stereocenters. The highest BCUT2D eigenvalue weighted by Crippen LogP contribution is 2.25. The molecular formula is C12H17FO. The molecule has 0 aliphatic carbocycles. The predicted octanol–water partition coefficient (Wildman–Crippen LogP) is 2.87. The number of rotatable bonds is 3. The van der Waals surface area contributed by atoms with E-state index in [1.54, 1.807) is 13.0 Å². The summed E-state index contributed by atoms with van der Waals surface area (Å²) in [7, 11) is 0. The maximum Gasteiger partial charge on any atom is 0.126 e. The first-order chi connectivity index (χ1) is 6.56. The maximum atomic E-state index is 13.0. The van der Waals surface area contributed by atoms with Crippen LogP contribution in [0.1, 0.15) is 30.9 Å². The smallest absolute Gasteiger partial charge is 0.126 e. The second-order valence-electron chi connectivity index (χ2n) is 4.04. The van der Waals surface area contributed by atoms with E-state index in [4.69, 9.17) is 0 Å². The van der Waals surface area contributed by atoms with Crippen molar-refractivity contribution in [3.8, 4) is 0 Å². The second kappa shape index (κ2) is 4.56. The molecule has 0 saturated heterocycles. The lowest BCUT2D eigenvalue weighted by Crippen LogP contribution is -2.11. The van der Waals surface area contributed by atoms with Gasteiger partial charge < -0.3 is 5.11 Å². The Morgan fingerprint density at radius 3 is 2.43 bits per heavy atom. The Hall–Kier alpha value is -0.890. The van der Waals surface area contributed by atoms with Crippen molar-refractivity contribution in [3.63, 3.8) is 0 Å². The van der Waals surface area contributed by atoms with Crippen LogP contribution in [0.5, 0.6) is 0 Å². The number of hydrogen-bond donors (Lipinski definition) is 1. The number of aliphatic hydroxyl groups is 1. The molecule has 0 amide bonds. The van der Waals surface area contributed by atoms with Crippen LogP contribution in [0.25, 0.3) is 0 Å². The lowest BCUT2D eigenvalue weighted by molar-refractivity contribution is 0.237. The monoisotopic (exact) mass is 196 g/mol. The third kappa shape index (κ3) is 2.32. The molecule has 0 fully saturated rings. The van der Waals surface area contributed by atoms with Gasteiger partial charge in [-0.25, -0.2) is 4.39 Å². The fraction of sp³-hybridized carbons (Fsp3) is 0.500. The average molecular weight is 196 g/mol. The zero-order valence-electron chi connectivity index (χ0n) is 8.92. The molecule has 0 radical (unpaired) electrons. The highest BCUT2D eigenvalue weighted by Gasteiger charge is 2.15. The van der Waals surface area contributed by atoms with Gasteiger partial charge in [0.25, 0.3) is 0 Å². The van der Waals surface area contributed by atoms with Crippen molar-refractivity contribution < 1.29 is 9.50 Å². The van der Waals surface area contributed by atoms with Crippen LogP contribution in [0.3, 0.4) is 0 Å². The van der Waals surface area contributed by atoms with E-state index >= 15 is 0 Å². The van der Waals surface area contributed by atoms with E-state index in [0.717, 1.165) is 5.56 Å². The molecule has 1 nitrogen and oxygen atoms in total. The highest BCUT2D eigenvalue weighted by atomic mass is 19.1. The van der Waals surface area contributed by atoms with E-state index in [9.17, 15) is 9.50 Å². The van der Waals surface area contributed by atoms with E-state index in [1.165, 1.54) is 6.07 Å². The van der Waals surface area contributed by atoms with Crippen LogP contribution in [0.15, 0.2) is 18.2 Å². The van der Waals surface area contributed by atoms with E-state index in [-0.39, 0.29) is 18.3 Å². The summed E-state index contributed by atoms with van der Waals surface area (Å²) in [5.41, 5.74) is 1.66. The third-order valence-corrected chi connectivity index (χ3v) is 2.61. The van der Waals surface area contributed by atoms with Gasteiger partial charge in [0.2, 0.25) is 0 Å². The Balaban J connectivity index is 3.00. The van der Waals surface area contributed by atoms with E-state index in [2.05, 4.69) is 13.8 Å². The molecule has 0 aliphatic rings. The van der Waals surface area contributed by atoms with Crippen molar-refractivity contribution in [1.29, 1.82) is 0 Å². The molecule has 1 aromatic carbocycles. The van der Waals surface area contributed by atoms with Crippen LogP contribution in [0, 0.1) is 18.7 Å². The van der Waals surface area contributed by atoms with E-state index in [0.29, 0.717) is 11.5 Å². The molecule has 1 aromatic rings. The summed E-state index contributed by atoms with van der Waals surface area (Å²) in [6.07, 6.45) is 0. The van der Waals surface area contributed by atoms with E-state index < -0.39 is 0 Å². The number of hydrogen-bond acceptors (Lipinski definition) is 1. The summed E-state index contributed by atoms with van der Waals surface area (Å²) < 4.78 is 13.0. The SMILES string of the molecule is Cc1cc(C(CO)C(C)C)ccc1F. The normalized spacial score (nSPS) is 13.3. The van der Waals surface area contributed by atoms with Crippen LogP contribution < -0.4 is 0 Å². The lowest BCUT2D eigenvalue weighted by Gasteiger charge is -2.19. The fourth-order valence-electron chi connectivity index (χ4n) is 1.60. The van der Waals surface area contributed by atoms with Crippen LogP contribution in [0.2, 0.25) is 0 Å². The standard InChI is InChI=1S/C12H17FO/c1-8(2)11(7-14)10-4-5-12(13)9(3)6-10/h4-6,8,11,14H,7H2,1-3H3. The van der Waals surface area contributed by atoms with Gasteiger partial charge in [-0.05, 0) is 30.0 Å². The molecular weight excluding hydrogens is 179 g/mol. The summed E-state index contributed by atoms with van der Waals surface area (Å²) in [6, 6.07) is 5.04. The Kier molecular flexibility index (Phi) is 3.64. The van der Waals surface area contributed by atoms with Crippen LogP contribution in [-0.2, 0) is 0 Å². The third-order valence-electron chi connectivity index (χ3n) is 2.61. The van der Waals surface area contributed by atoms with E-state index in [1.807, 2.05) is 6.07 Å². The minimum absolute atomic E-state index is 0.106. The Bertz CT molecular complexity index is 307. The molecule has 1 N–H and O–H groups in total. The van der Waals surface area contributed by atoms with Gasteiger partial charge in [0, 0.05) is 5.92 Å². The number of aliphatic hydroxyl groups excluding tert-OH is 1. The maximum absolute atomic E-state index is 13.0. The molecule has 1 rings (SSSR count). The molecule has 0 aliphatic heterocycles. The van der Waals surface area contributed by atoms with Crippen LogP contribution >= 0.6 is 0 Å². The molecule has 14 heavy (non-hydrogen) atoms. The van der Waals surface area contributed by atoms with Crippen LogP contribution in [-0.4, -0.2) is 11.7 Å². The second-order valence-corrected chi connectivity index (χ2v) is 4.04. The first-order valence-electron chi connectivity index (χ1n) is 4.93. The number of halogens is 1. The summed E-state index contributed by atoms with van der Waals surface area (Å²) in [5.74, 6) is 0.286. The fourth-order valence-corrected chi connectivity index (χ4v) is 1.60. The highest BCUT2D eigenvalue weighted by molar-refractivity contribution is 5.27. The molecule has 0 aromatic heterocycles. The first kappa shape index (κ1) is 11.2. The Labute approximate surface area is 84.6 Å².